The van der Waals surface area contributed by atoms with Crippen LogP contribution in [0.3, 0.4) is 0 Å². The smallest absolute Gasteiger partial charge is 0.0674 e. The Morgan fingerprint density at radius 2 is 2.00 bits per heavy atom. The lowest BCUT2D eigenvalue weighted by molar-refractivity contribution is 0.200. The van der Waals surface area contributed by atoms with Gasteiger partial charge in [-0.15, -0.1) is 11.8 Å². The Kier molecular flexibility index (Phi) is 5.97. The van der Waals surface area contributed by atoms with Gasteiger partial charge in [-0.25, -0.2) is 0 Å². The van der Waals surface area contributed by atoms with Crippen LogP contribution in [0.5, 0.6) is 0 Å². The van der Waals surface area contributed by atoms with Crippen molar-refractivity contribution in [2.45, 2.75) is 24.3 Å². The molecule has 1 unspecified atom stereocenters. The fraction of sp³-hybridized carbons (Fsp3) is 0.250. The first-order valence-corrected chi connectivity index (χ1v) is 8.52. The molecule has 0 aromatic heterocycles. The lowest BCUT2D eigenvalue weighted by atomic mass is 10.1. The first-order valence-electron chi connectivity index (χ1n) is 6.36. The van der Waals surface area contributed by atoms with Crippen LogP contribution in [-0.2, 0) is 6.42 Å². The molecule has 2 aromatic rings. The van der Waals surface area contributed by atoms with Crippen LogP contribution in [-0.4, -0.2) is 17.0 Å². The molecule has 0 aliphatic heterocycles. The van der Waals surface area contributed by atoms with E-state index in [4.69, 9.17) is 11.6 Å². The van der Waals surface area contributed by atoms with Gasteiger partial charge in [0.25, 0.3) is 0 Å². The van der Waals surface area contributed by atoms with E-state index >= 15 is 0 Å². The van der Waals surface area contributed by atoms with Crippen LogP contribution in [0.2, 0.25) is 5.02 Å². The summed E-state index contributed by atoms with van der Waals surface area (Å²) in [6.07, 6.45) is 0.170. The number of thioether (sulfide) groups is 1. The van der Waals surface area contributed by atoms with Crippen molar-refractivity contribution >= 4 is 39.3 Å². The zero-order chi connectivity index (χ0) is 14.5. The highest BCUT2D eigenvalue weighted by Gasteiger charge is 2.10. The van der Waals surface area contributed by atoms with Crippen LogP contribution in [0.15, 0.2) is 51.8 Å². The van der Waals surface area contributed by atoms with Crippen molar-refractivity contribution in [3.05, 3.63) is 63.1 Å². The van der Waals surface area contributed by atoms with E-state index in [-0.39, 0.29) is 0 Å². The van der Waals surface area contributed by atoms with Gasteiger partial charge in [0.15, 0.2) is 0 Å². The molecule has 106 valence electrons. The van der Waals surface area contributed by atoms with Gasteiger partial charge >= 0.3 is 0 Å². The highest BCUT2D eigenvalue weighted by atomic mass is 79.9. The van der Waals surface area contributed by atoms with Gasteiger partial charge in [-0.1, -0.05) is 35.9 Å². The molecule has 0 heterocycles. The second-order valence-corrected chi connectivity index (χ2v) is 7.02. The Hall–Kier alpha value is -0.480. The zero-order valence-corrected chi connectivity index (χ0v) is 14.3. The molecule has 0 saturated heterocycles. The summed E-state index contributed by atoms with van der Waals surface area (Å²) in [5.74, 6) is 0.646. The van der Waals surface area contributed by atoms with Crippen LogP contribution < -0.4 is 0 Å². The Morgan fingerprint density at radius 3 is 2.70 bits per heavy atom. The predicted octanol–water partition coefficient (Wildman–Crippen LogP) is 5.11. The van der Waals surface area contributed by atoms with Crippen molar-refractivity contribution < 1.29 is 5.11 Å². The standard InChI is InChI=1S/C16H16BrClOS/c1-11-6-7-12(15(18)8-11)9-13(19)10-20-16-5-3-2-4-14(16)17/h2-8,13,19H,9-10H2,1H3. The van der Waals surface area contributed by atoms with Gasteiger partial charge in [-0.05, 0) is 52.2 Å². The molecular formula is C16H16BrClOS. The van der Waals surface area contributed by atoms with Crippen molar-refractivity contribution in [1.82, 2.24) is 0 Å². The van der Waals surface area contributed by atoms with E-state index in [0.717, 1.165) is 25.5 Å². The number of hydrogen-bond acceptors (Lipinski definition) is 2. The molecule has 4 heteroatoms. The number of aryl methyl sites for hydroxylation is 1. The minimum atomic E-state index is -0.410. The van der Waals surface area contributed by atoms with Crippen molar-refractivity contribution in [2.24, 2.45) is 0 Å². The fourth-order valence-electron chi connectivity index (χ4n) is 1.88. The topological polar surface area (TPSA) is 20.2 Å². The van der Waals surface area contributed by atoms with Crippen LogP contribution in [0.1, 0.15) is 11.1 Å². The molecular weight excluding hydrogens is 356 g/mol. The average molecular weight is 372 g/mol. The van der Waals surface area contributed by atoms with Gasteiger partial charge in [0.1, 0.15) is 0 Å². The van der Waals surface area contributed by atoms with Gasteiger partial charge in [-0.3, -0.25) is 0 Å². The number of aliphatic hydroxyl groups is 1. The summed E-state index contributed by atoms with van der Waals surface area (Å²) in [5, 5.41) is 10.9. The SMILES string of the molecule is Cc1ccc(CC(O)CSc2ccccc2Br)c(Cl)c1. The lowest BCUT2D eigenvalue weighted by Crippen LogP contribution is -2.13. The fourth-order valence-corrected chi connectivity index (χ4v) is 3.69. The minimum absolute atomic E-state index is 0.410. The lowest BCUT2D eigenvalue weighted by Gasteiger charge is -2.12. The number of rotatable bonds is 5. The Morgan fingerprint density at radius 1 is 1.25 bits per heavy atom. The third kappa shape index (κ3) is 4.52. The van der Waals surface area contributed by atoms with Crippen LogP contribution in [0.25, 0.3) is 0 Å². The number of aliphatic hydroxyl groups excluding tert-OH is 1. The second kappa shape index (κ2) is 7.51. The molecule has 0 bridgehead atoms. The maximum Gasteiger partial charge on any atom is 0.0674 e. The molecule has 0 amide bonds. The third-order valence-corrected chi connectivity index (χ3v) is 5.46. The molecule has 20 heavy (non-hydrogen) atoms. The summed E-state index contributed by atoms with van der Waals surface area (Å²) in [6.45, 7) is 2.01. The molecule has 1 nitrogen and oxygen atoms in total. The summed E-state index contributed by atoms with van der Waals surface area (Å²) in [4.78, 5) is 1.14. The van der Waals surface area contributed by atoms with E-state index in [0.29, 0.717) is 12.2 Å². The summed E-state index contributed by atoms with van der Waals surface area (Å²) < 4.78 is 1.06. The zero-order valence-electron chi connectivity index (χ0n) is 11.1. The number of benzene rings is 2. The molecule has 2 rings (SSSR count). The summed E-state index contributed by atoms with van der Waals surface area (Å²) in [6, 6.07) is 14.0. The summed E-state index contributed by atoms with van der Waals surface area (Å²) in [7, 11) is 0. The summed E-state index contributed by atoms with van der Waals surface area (Å²) >= 11 is 11.3. The predicted molar refractivity (Wildman–Crippen MR) is 90.8 cm³/mol. The molecule has 0 fully saturated rings. The monoisotopic (exact) mass is 370 g/mol. The quantitative estimate of drug-likeness (QED) is 0.737. The minimum Gasteiger partial charge on any atom is -0.392 e. The largest absolute Gasteiger partial charge is 0.392 e. The normalized spacial score (nSPS) is 12.4. The van der Waals surface area contributed by atoms with E-state index in [1.54, 1.807) is 11.8 Å². The van der Waals surface area contributed by atoms with E-state index in [1.807, 2.05) is 49.4 Å². The van der Waals surface area contributed by atoms with Crippen molar-refractivity contribution in [3.8, 4) is 0 Å². The first kappa shape index (κ1) is 15.9. The van der Waals surface area contributed by atoms with E-state index in [1.165, 1.54) is 0 Å². The van der Waals surface area contributed by atoms with E-state index in [2.05, 4.69) is 15.9 Å². The Bertz CT molecular complexity index is 588. The van der Waals surface area contributed by atoms with Crippen LogP contribution >= 0.6 is 39.3 Å². The second-order valence-electron chi connectivity index (χ2n) is 4.69. The van der Waals surface area contributed by atoms with Gasteiger partial charge < -0.3 is 5.11 Å². The van der Waals surface area contributed by atoms with E-state index in [9.17, 15) is 5.11 Å². The van der Waals surface area contributed by atoms with E-state index < -0.39 is 6.10 Å². The van der Waals surface area contributed by atoms with Crippen molar-refractivity contribution in [3.63, 3.8) is 0 Å². The molecule has 0 radical (unpaired) electrons. The Labute approximate surface area is 137 Å². The molecule has 0 aliphatic carbocycles. The molecule has 0 saturated carbocycles. The highest BCUT2D eigenvalue weighted by Crippen LogP contribution is 2.28. The molecule has 1 atom stereocenters. The Balaban J connectivity index is 1.92. The molecule has 0 spiro atoms. The highest BCUT2D eigenvalue weighted by molar-refractivity contribution is 9.10. The average Bonchev–Trinajstić information content (AvgIpc) is 2.41. The molecule has 0 aliphatic rings. The number of hydrogen-bond donors (Lipinski definition) is 1. The van der Waals surface area contributed by atoms with Crippen LogP contribution in [0, 0.1) is 6.92 Å². The third-order valence-electron chi connectivity index (χ3n) is 2.93. The first-order chi connectivity index (χ1) is 9.56. The van der Waals surface area contributed by atoms with Crippen molar-refractivity contribution in [2.75, 3.05) is 5.75 Å². The molecule has 2 aromatic carbocycles. The summed E-state index contributed by atoms with van der Waals surface area (Å²) in [5.41, 5.74) is 2.13. The van der Waals surface area contributed by atoms with Gasteiger partial charge in [0.2, 0.25) is 0 Å². The van der Waals surface area contributed by atoms with Gasteiger partial charge in [0, 0.05) is 26.6 Å². The van der Waals surface area contributed by atoms with Gasteiger partial charge in [-0.2, -0.15) is 0 Å². The maximum atomic E-state index is 10.2. The maximum absolute atomic E-state index is 10.2. The van der Waals surface area contributed by atoms with Gasteiger partial charge in [0.05, 0.1) is 6.10 Å². The number of halogens is 2. The van der Waals surface area contributed by atoms with Crippen molar-refractivity contribution in [1.29, 1.82) is 0 Å². The molecule has 1 N–H and O–H groups in total. The van der Waals surface area contributed by atoms with Crippen LogP contribution in [0.4, 0.5) is 0 Å².